The van der Waals surface area contributed by atoms with E-state index in [9.17, 15) is 0 Å². The maximum atomic E-state index is 6.01. The zero-order valence-corrected chi connectivity index (χ0v) is 13.2. The Hall–Kier alpha value is -1.84. The van der Waals surface area contributed by atoms with Gasteiger partial charge < -0.3 is 5.73 Å². The number of rotatable bonds is 2. The molecule has 112 valence electrons. The van der Waals surface area contributed by atoms with Crippen molar-refractivity contribution in [3.8, 4) is 11.4 Å². The highest BCUT2D eigenvalue weighted by Crippen LogP contribution is 2.33. The van der Waals surface area contributed by atoms with Gasteiger partial charge in [-0.15, -0.1) is 0 Å². The smallest absolute Gasteiger partial charge is 0.158 e. The van der Waals surface area contributed by atoms with Crippen LogP contribution in [0.15, 0.2) is 12.1 Å². The highest BCUT2D eigenvalue weighted by atomic mass is 15.3. The van der Waals surface area contributed by atoms with Gasteiger partial charge in [0.15, 0.2) is 11.6 Å². The fourth-order valence-electron chi connectivity index (χ4n) is 3.29. The molecule has 1 saturated carbocycles. The summed E-state index contributed by atoms with van der Waals surface area (Å²) in [7, 11) is 1.98. The maximum absolute atomic E-state index is 6.01. The van der Waals surface area contributed by atoms with Crippen molar-refractivity contribution in [2.75, 3.05) is 5.73 Å². The second-order valence-corrected chi connectivity index (χ2v) is 6.26. The standard InChI is InChI=1S/C17H24N4/c1-11-9-14(18)10-15(12(11)2)17-19-16(20-21(17)3)13-7-5-4-6-8-13/h9-10,13H,4-8,18H2,1-3H3. The largest absolute Gasteiger partial charge is 0.399 e. The molecule has 0 aliphatic heterocycles. The van der Waals surface area contributed by atoms with Crippen LogP contribution >= 0.6 is 0 Å². The van der Waals surface area contributed by atoms with Gasteiger partial charge in [0, 0.05) is 24.2 Å². The summed E-state index contributed by atoms with van der Waals surface area (Å²) in [6.45, 7) is 4.21. The number of nitrogens with two attached hydrogens (primary N) is 1. The van der Waals surface area contributed by atoms with Crippen LogP contribution < -0.4 is 5.73 Å². The van der Waals surface area contributed by atoms with Crippen LogP contribution in [0.5, 0.6) is 0 Å². The number of hydrogen-bond donors (Lipinski definition) is 1. The van der Waals surface area contributed by atoms with Gasteiger partial charge in [-0.1, -0.05) is 19.3 Å². The van der Waals surface area contributed by atoms with Gasteiger partial charge in [0.05, 0.1) is 0 Å². The molecule has 1 aromatic heterocycles. The number of benzene rings is 1. The number of nitrogens with zero attached hydrogens (tertiary/aromatic N) is 3. The predicted octanol–water partition coefficient (Wildman–Crippen LogP) is 3.73. The first kappa shape index (κ1) is 14.1. The van der Waals surface area contributed by atoms with Crippen molar-refractivity contribution in [3.05, 3.63) is 29.1 Å². The normalized spacial score (nSPS) is 16.3. The third-order valence-corrected chi connectivity index (χ3v) is 4.68. The summed E-state index contributed by atoms with van der Waals surface area (Å²) in [5.74, 6) is 2.47. The zero-order chi connectivity index (χ0) is 15.0. The monoisotopic (exact) mass is 284 g/mol. The molecule has 1 aliphatic carbocycles. The quantitative estimate of drug-likeness (QED) is 0.855. The molecule has 2 aromatic rings. The second kappa shape index (κ2) is 5.51. The Labute approximate surface area is 126 Å². The first-order valence-electron chi connectivity index (χ1n) is 7.84. The molecule has 1 aliphatic rings. The van der Waals surface area contributed by atoms with Crippen molar-refractivity contribution < 1.29 is 0 Å². The van der Waals surface area contributed by atoms with Crippen molar-refractivity contribution >= 4 is 5.69 Å². The average molecular weight is 284 g/mol. The minimum atomic E-state index is 0.529. The van der Waals surface area contributed by atoms with Crippen LogP contribution in [0.2, 0.25) is 0 Å². The summed E-state index contributed by atoms with van der Waals surface area (Å²) in [6, 6.07) is 4.02. The van der Waals surface area contributed by atoms with E-state index in [0.717, 1.165) is 22.9 Å². The van der Waals surface area contributed by atoms with Crippen molar-refractivity contribution in [1.29, 1.82) is 0 Å². The Morgan fingerprint density at radius 2 is 1.86 bits per heavy atom. The maximum Gasteiger partial charge on any atom is 0.158 e. The van der Waals surface area contributed by atoms with Crippen LogP contribution in [-0.4, -0.2) is 14.8 Å². The number of nitrogen functional groups attached to an aromatic ring is 1. The van der Waals surface area contributed by atoms with Crippen molar-refractivity contribution in [3.63, 3.8) is 0 Å². The molecule has 0 radical (unpaired) electrons. The predicted molar refractivity (Wildman–Crippen MR) is 86.2 cm³/mol. The Morgan fingerprint density at radius 1 is 1.14 bits per heavy atom. The second-order valence-electron chi connectivity index (χ2n) is 6.26. The van der Waals surface area contributed by atoms with E-state index < -0.39 is 0 Å². The van der Waals surface area contributed by atoms with Gasteiger partial charge in [-0.2, -0.15) is 5.10 Å². The topological polar surface area (TPSA) is 56.7 Å². The lowest BCUT2D eigenvalue weighted by Gasteiger charge is -2.18. The molecule has 1 aromatic carbocycles. The molecule has 3 rings (SSSR count). The molecule has 0 saturated heterocycles. The van der Waals surface area contributed by atoms with E-state index in [1.165, 1.54) is 43.2 Å². The van der Waals surface area contributed by atoms with E-state index >= 15 is 0 Å². The molecule has 0 atom stereocenters. The summed E-state index contributed by atoms with van der Waals surface area (Å²) < 4.78 is 1.91. The first-order chi connectivity index (χ1) is 10.1. The van der Waals surface area contributed by atoms with E-state index in [4.69, 9.17) is 10.7 Å². The van der Waals surface area contributed by atoms with Gasteiger partial charge in [-0.3, -0.25) is 0 Å². The van der Waals surface area contributed by atoms with Crippen molar-refractivity contribution in [1.82, 2.24) is 14.8 Å². The van der Waals surface area contributed by atoms with Crippen LogP contribution in [0, 0.1) is 13.8 Å². The fourth-order valence-corrected chi connectivity index (χ4v) is 3.29. The minimum absolute atomic E-state index is 0.529. The van der Waals surface area contributed by atoms with E-state index in [0.29, 0.717) is 5.92 Å². The van der Waals surface area contributed by atoms with Gasteiger partial charge in [-0.05, 0) is 49.9 Å². The number of anilines is 1. The van der Waals surface area contributed by atoms with Crippen LogP contribution in [0.25, 0.3) is 11.4 Å². The lowest BCUT2D eigenvalue weighted by Crippen LogP contribution is -2.06. The van der Waals surface area contributed by atoms with E-state index in [2.05, 4.69) is 18.9 Å². The molecule has 0 spiro atoms. The van der Waals surface area contributed by atoms with Gasteiger partial charge in [0.1, 0.15) is 0 Å². The molecular weight excluding hydrogens is 260 g/mol. The van der Waals surface area contributed by atoms with E-state index in [-0.39, 0.29) is 0 Å². The lowest BCUT2D eigenvalue weighted by atomic mass is 9.89. The molecular formula is C17H24N4. The first-order valence-corrected chi connectivity index (χ1v) is 7.84. The SMILES string of the molecule is Cc1cc(N)cc(-c2nc(C3CCCCC3)nn2C)c1C. The van der Waals surface area contributed by atoms with Gasteiger partial charge in [-0.25, -0.2) is 9.67 Å². The molecule has 0 amide bonds. The Morgan fingerprint density at radius 3 is 2.57 bits per heavy atom. The van der Waals surface area contributed by atoms with Crippen LogP contribution in [0.3, 0.4) is 0 Å². The molecule has 4 nitrogen and oxygen atoms in total. The third-order valence-electron chi connectivity index (χ3n) is 4.68. The highest BCUT2D eigenvalue weighted by Gasteiger charge is 2.22. The number of aryl methyl sites for hydroxylation is 2. The van der Waals surface area contributed by atoms with Crippen LogP contribution in [0.1, 0.15) is 55.0 Å². The molecule has 4 heteroatoms. The molecule has 1 fully saturated rings. The lowest BCUT2D eigenvalue weighted by molar-refractivity contribution is 0.427. The molecule has 21 heavy (non-hydrogen) atoms. The Bertz CT molecular complexity index is 651. The summed E-state index contributed by atoms with van der Waals surface area (Å²) >= 11 is 0. The summed E-state index contributed by atoms with van der Waals surface area (Å²) in [5.41, 5.74) is 10.3. The Kier molecular flexibility index (Phi) is 3.70. The minimum Gasteiger partial charge on any atom is -0.399 e. The Balaban J connectivity index is 2.01. The number of hydrogen-bond acceptors (Lipinski definition) is 3. The van der Waals surface area contributed by atoms with Crippen LogP contribution in [-0.2, 0) is 7.05 Å². The van der Waals surface area contributed by atoms with E-state index in [1.807, 2.05) is 23.9 Å². The summed E-state index contributed by atoms with van der Waals surface area (Å²) in [5, 5.41) is 4.68. The fraction of sp³-hybridized carbons (Fsp3) is 0.529. The summed E-state index contributed by atoms with van der Waals surface area (Å²) in [6.07, 6.45) is 6.39. The number of aromatic nitrogens is 3. The summed E-state index contributed by atoms with van der Waals surface area (Å²) in [4.78, 5) is 4.84. The van der Waals surface area contributed by atoms with Gasteiger partial charge in [0.2, 0.25) is 0 Å². The molecule has 1 heterocycles. The molecule has 2 N–H and O–H groups in total. The van der Waals surface area contributed by atoms with Crippen LogP contribution in [0.4, 0.5) is 5.69 Å². The zero-order valence-electron chi connectivity index (χ0n) is 13.2. The average Bonchev–Trinajstić information content (AvgIpc) is 2.86. The molecule has 0 bridgehead atoms. The van der Waals surface area contributed by atoms with E-state index in [1.54, 1.807) is 0 Å². The molecule has 0 unspecified atom stereocenters. The van der Waals surface area contributed by atoms with Crippen molar-refractivity contribution in [2.45, 2.75) is 51.9 Å². The third kappa shape index (κ3) is 2.67. The van der Waals surface area contributed by atoms with Gasteiger partial charge >= 0.3 is 0 Å². The van der Waals surface area contributed by atoms with Crippen molar-refractivity contribution in [2.24, 2.45) is 7.05 Å². The van der Waals surface area contributed by atoms with Gasteiger partial charge in [0.25, 0.3) is 0 Å². The highest BCUT2D eigenvalue weighted by molar-refractivity contribution is 5.67.